The number of aliphatic hydroxyl groups excluding tert-OH is 4. The molecule has 0 saturated heterocycles. The first-order chi connectivity index (χ1) is 6.20. The molecule has 13 heavy (non-hydrogen) atoms. The van der Waals surface area contributed by atoms with Gasteiger partial charge in [-0.3, -0.25) is 0 Å². The summed E-state index contributed by atoms with van der Waals surface area (Å²) in [7, 11) is 0. The van der Waals surface area contributed by atoms with Crippen LogP contribution < -0.4 is 0 Å². The second-order valence-corrected chi connectivity index (χ2v) is 3.28. The number of aliphatic hydroxyl groups is 4. The van der Waals surface area contributed by atoms with Crippen molar-refractivity contribution in [3.05, 3.63) is 0 Å². The maximum atomic E-state index is 9.35. The molecule has 0 aliphatic rings. The summed E-state index contributed by atoms with van der Waals surface area (Å²) >= 11 is 0. The molecule has 0 amide bonds. The topological polar surface area (TPSA) is 80.9 Å². The molecule has 0 fully saturated rings. The first kappa shape index (κ1) is 12.8. The van der Waals surface area contributed by atoms with Gasteiger partial charge in [0.1, 0.15) is 0 Å². The summed E-state index contributed by atoms with van der Waals surface area (Å²) in [4.78, 5) is 0. The summed E-state index contributed by atoms with van der Waals surface area (Å²) < 4.78 is 0. The molecule has 0 heterocycles. The predicted octanol–water partition coefficient (Wildman–Crippen LogP) is -0.357. The number of hydrogen-bond donors (Lipinski definition) is 4. The van der Waals surface area contributed by atoms with Crippen LogP contribution in [0.3, 0.4) is 0 Å². The molecule has 4 nitrogen and oxygen atoms in total. The maximum absolute atomic E-state index is 9.35. The zero-order valence-electron chi connectivity index (χ0n) is 7.89. The van der Waals surface area contributed by atoms with Crippen LogP contribution in [0.5, 0.6) is 0 Å². The predicted molar refractivity (Wildman–Crippen MR) is 49.3 cm³/mol. The standard InChI is InChI=1S/C9H20O4/c10-5-2-1-3-8(12)7-9(13)4-6-11/h8-13H,1-7H2. The second kappa shape index (κ2) is 8.44. The second-order valence-electron chi connectivity index (χ2n) is 3.28. The van der Waals surface area contributed by atoms with E-state index in [9.17, 15) is 10.2 Å². The average molecular weight is 192 g/mol. The van der Waals surface area contributed by atoms with Crippen molar-refractivity contribution < 1.29 is 20.4 Å². The molecule has 0 aromatic heterocycles. The van der Waals surface area contributed by atoms with Crippen molar-refractivity contribution in [1.82, 2.24) is 0 Å². The van der Waals surface area contributed by atoms with Gasteiger partial charge in [0.2, 0.25) is 0 Å². The fourth-order valence-corrected chi connectivity index (χ4v) is 1.19. The van der Waals surface area contributed by atoms with Crippen LogP contribution >= 0.6 is 0 Å². The third kappa shape index (κ3) is 8.18. The van der Waals surface area contributed by atoms with Gasteiger partial charge in [0.15, 0.2) is 0 Å². The van der Waals surface area contributed by atoms with Crippen molar-refractivity contribution >= 4 is 0 Å². The van der Waals surface area contributed by atoms with Crippen LogP contribution in [0.1, 0.15) is 32.1 Å². The third-order valence-corrected chi connectivity index (χ3v) is 1.95. The molecule has 80 valence electrons. The molecule has 2 unspecified atom stereocenters. The molecule has 0 radical (unpaired) electrons. The van der Waals surface area contributed by atoms with Gasteiger partial charge in [-0.15, -0.1) is 0 Å². The Labute approximate surface area is 78.8 Å². The van der Waals surface area contributed by atoms with Gasteiger partial charge in [0.05, 0.1) is 12.2 Å². The molecule has 0 rings (SSSR count). The van der Waals surface area contributed by atoms with Crippen LogP contribution in [0.25, 0.3) is 0 Å². The molecule has 0 aromatic rings. The van der Waals surface area contributed by atoms with Crippen LogP contribution in [0.4, 0.5) is 0 Å². The van der Waals surface area contributed by atoms with Crippen molar-refractivity contribution in [2.75, 3.05) is 13.2 Å². The largest absolute Gasteiger partial charge is 0.396 e. The molecule has 4 heteroatoms. The van der Waals surface area contributed by atoms with Crippen molar-refractivity contribution in [2.45, 2.75) is 44.3 Å². The van der Waals surface area contributed by atoms with Gasteiger partial charge >= 0.3 is 0 Å². The van der Waals surface area contributed by atoms with Gasteiger partial charge in [-0.05, 0) is 32.1 Å². The molecule has 0 spiro atoms. The third-order valence-electron chi connectivity index (χ3n) is 1.95. The smallest absolute Gasteiger partial charge is 0.0586 e. The fourth-order valence-electron chi connectivity index (χ4n) is 1.19. The summed E-state index contributed by atoms with van der Waals surface area (Å²) in [6.07, 6.45) is 1.55. The number of rotatable bonds is 8. The van der Waals surface area contributed by atoms with Crippen LogP contribution in [-0.2, 0) is 0 Å². The van der Waals surface area contributed by atoms with Gasteiger partial charge in [-0.2, -0.15) is 0 Å². The summed E-state index contributed by atoms with van der Waals surface area (Å²) in [5.41, 5.74) is 0. The van der Waals surface area contributed by atoms with Gasteiger partial charge < -0.3 is 20.4 Å². The highest BCUT2D eigenvalue weighted by molar-refractivity contribution is 4.63. The summed E-state index contributed by atoms with van der Waals surface area (Å²) in [6, 6.07) is 0. The van der Waals surface area contributed by atoms with E-state index in [1.807, 2.05) is 0 Å². The van der Waals surface area contributed by atoms with E-state index in [-0.39, 0.29) is 13.2 Å². The summed E-state index contributed by atoms with van der Waals surface area (Å²) in [5.74, 6) is 0. The molecule has 4 N–H and O–H groups in total. The van der Waals surface area contributed by atoms with E-state index < -0.39 is 12.2 Å². The Morgan fingerprint density at radius 1 is 0.769 bits per heavy atom. The first-order valence-corrected chi connectivity index (χ1v) is 4.78. The van der Waals surface area contributed by atoms with Crippen molar-refractivity contribution in [1.29, 1.82) is 0 Å². The average Bonchev–Trinajstić information content (AvgIpc) is 2.05. The lowest BCUT2D eigenvalue weighted by atomic mass is 10.0. The molecule has 0 aromatic carbocycles. The van der Waals surface area contributed by atoms with Crippen molar-refractivity contribution in [2.24, 2.45) is 0 Å². The van der Waals surface area contributed by atoms with Crippen molar-refractivity contribution in [3.63, 3.8) is 0 Å². The molecule has 0 saturated carbocycles. The Balaban J connectivity index is 3.32. The monoisotopic (exact) mass is 192 g/mol. The van der Waals surface area contributed by atoms with Crippen LogP contribution in [0, 0.1) is 0 Å². The van der Waals surface area contributed by atoms with Gasteiger partial charge in [-0.1, -0.05) is 0 Å². The number of unbranched alkanes of at least 4 members (excludes halogenated alkanes) is 1. The summed E-state index contributed by atoms with van der Waals surface area (Å²) in [6.45, 7) is 0.0937. The van der Waals surface area contributed by atoms with E-state index in [0.29, 0.717) is 25.7 Å². The zero-order valence-corrected chi connectivity index (χ0v) is 7.89. The molecular formula is C9H20O4. The van der Waals surface area contributed by atoms with E-state index in [1.54, 1.807) is 0 Å². The minimum atomic E-state index is -0.617. The normalized spacial score (nSPS) is 15.7. The SMILES string of the molecule is OCCCCC(O)CC(O)CCO. The van der Waals surface area contributed by atoms with E-state index >= 15 is 0 Å². The number of hydrogen-bond acceptors (Lipinski definition) is 4. The molecule has 0 bridgehead atoms. The Kier molecular flexibility index (Phi) is 8.33. The van der Waals surface area contributed by atoms with E-state index in [2.05, 4.69) is 0 Å². The minimum absolute atomic E-state index is 0.0511. The Morgan fingerprint density at radius 3 is 1.92 bits per heavy atom. The van der Waals surface area contributed by atoms with Crippen LogP contribution in [0.2, 0.25) is 0 Å². The minimum Gasteiger partial charge on any atom is -0.396 e. The van der Waals surface area contributed by atoms with Gasteiger partial charge in [0, 0.05) is 13.2 Å². The highest BCUT2D eigenvalue weighted by atomic mass is 16.3. The van der Waals surface area contributed by atoms with Crippen LogP contribution in [0.15, 0.2) is 0 Å². The first-order valence-electron chi connectivity index (χ1n) is 4.78. The van der Waals surface area contributed by atoms with E-state index in [4.69, 9.17) is 10.2 Å². The lowest BCUT2D eigenvalue weighted by Crippen LogP contribution is -2.18. The van der Waals surface area contributed by atoms with Crippen LogP contribution in [-0.4, -0.2) is 45.8 Å². The Hall–Kier alpha value is -0.160. The van der Waals surface area contributed by atoms with Gasteiger partial charge in [0.25, 0.3) is 0 Å². The van der Waals surface area contributed by atoms with E-state index in [0.717, 1.165) is 6.42 Å². The quantitative estimate of drug-likeness (QED) is 0.396. The molecule has 0 aliphatic carbocycles. The molecular weight excluding hydrogens is 172 g/mol. The Morgan fingerprint density at radius 2 is 1.38 bits per heavy atom. The van der Waals surface area contributed by atoms with Gasteiger partial charge in [-0.25, -0.2) is 0 Å². The Bertz CT molecular complexity index is 108. The summed E-state index contributed by atoms with van der Waals surface area (Å²) in [5, 5.41) is 35.5. The van der Waals surface area contributed by atoms with Crippen molar-refractivity contribution in [3.8, 4) is 0 Å². The lowest BCUT2D eigenvalue weighted by molar-refractivity contribution is 0.0586. The van der Waals surface area contributed by atoms with E-state index in [1.165, 1.54) is 0 Å². The fraction of sp³-hybridized carbons (Fsp3) is 1.00. The highest BCUT2D eigenvalue weighted by Crippen LogP contribution is 2.08. The zero-order chi connectivity index (χ0) is 10.1. The molecule has 0 aliphatic heterocycles. The lowest BCUT2D eigenvalue weighted by Gasteiger charge is -2.14. The molecule has 2 atom stereocenters. The maximum Gasteiger partial charge on any atom is 0.0586 e. The highest BCUT2D eigenvalue weighted by Gasteiger charge is 2.10.